The van der Waals surface area contributed by atoms with Gasteiger partial charge in [-0.05, 0) is 44.0 Å². The van der Waals surface area contributed by atoms with Crippen LogP contribution in [0.15, 0.2) is 29.2 Å². The highest BCUT2D eigenvalue weighted by molar-refractivity contribution is 7.89. The van der Waals surface area contributed by atoms with Crippen LogP contribution in [0.25, 0.3) is 0 Å². The SMILES string of the molecule is CCOC(=O)C1CCCN1S(=O)(=O)c1ccc(N2CCC3(CC2)OCCO3)cc1. The van der Waals surface area contributed by atoms with Crippen LogP contribution in [-0.2, 0) is 29.0 Å². The number of nitrogens with zero attached hydrogens (tertiary/aromatic N) is 2. The third kappa shape index (κ3) is 4.01. The Balaban J connectivity index is 1.45. The molecule has 3 saturated heterocycles. The summed E-state index contributed by atoms with van der Waals surface area (Å²) in [6.45, 7) is 5.18. The second kappa shape index (κ2) is 8.22. The summed E-state index contributed by atoms with van der Waals surface area (Å²) in [7, 11) is -3.74. The van der Waals surface area contributed by atoms with Crippen LogP contribution in [0.3, 0.4) is 0 Å². The van der Waals surface area contributed by atoms with Crippen molar-refractivity contribution < 1.29 is 27.4 Å². The van der Waals surface area contributed by atoms with Gasteiger partial charge in [0.15, 0.2) is 5.79 Å². The van der Waals surface area contributed by atoms with Crippen LogP contribution < -0.4 is 4.90 Å². The first-order valence-corrected chi connectivity index (χ1v) is 11.7. The van der Waals surface area contributed by atoms with Crippen molar-refractivity contribution in [2.45, 2.75) is 49.3 Å². The molecule has 160 valence electrons. The molecule has 0 radical (unpaired) electrons. The highest BCUT2D eigenvalue weighted by atomic mass is 32.2. The molecule has 3 aliphatic rings. The van der Waals surface area contributed by atoms with E-state index in [1.807, 2.05) is 12.1 Å². The largest absolute Gasteiger partial charge is 0.465 e. The number of carbonyl (C=O) groups is 1. The second-order valence-corrected chi connectivity index (χ2v) is 9.50. The molecular formula is C20H28N2O6S. The lowest BCUT2D eigenvalue weighted by molar-refractivity contribution is -0.169. The lowest BCUT2D eigenvalue weighted by Gasteiger charge is -2.38. The smallest absolute Gasteiger partial charge is 0.324 e. The predicted molar refractivity (Wildman–Crippen MR) is 106 cm³/mol. The van der Waals surface area contributed by atoms with Crippen molar-refractivity contribution in [3.8, 4) is 0 Å². The fourth-order valence-electron chi connectivity index (χ4n) is 4.36. The van der Waals surface area contributed by atoms with E-state index in [-0.39, 0.29) is 11.5 Å². The molecule has 1 unspecified atom stereocenters. The van der Waals surface area contributed by atoms with Gasteiger partial charge in [0.25, 0.3) is 0 Å². The number of ether oxygens (including phenoxy) is 3. The van der Waals surface area contributed by atoms with E-state index in [0.29, 0.717) is 32.6 Å². The van der Waals surface area contributed by atoms with Crippen molar-refractivity contribution in [2.24, 2.45) is 0 Å². The number of hydrogen-bond donors (Lipinski definition) is 0. The van der Waals surface area contributed by atoms with Crippen LogP contribution in [0.4, 0.5) is 5.69 Å². The van der Waals surface area contributed by atoms with Gasteiger partial charge < -0.3 is 19.1 Å². The first-order chi connectivity index (χ1) is 14.0. The van der Waals surface area contributed by atoms with E-state index in [9.17, 15) is 13.2 Å². The van der Waals surface area contributed by atoms with E-state index in [1.54, 1.807) is 19.1 Å². The molecule has 1 atom stereocenters. The molecule has 0 aromatic heterocycles. The van der Waals surface area contributed by atoms with Gasteiger partial charge in [0.2, 0.25) is 10.0 Å². The Morgan fingerprint density at radius 2 is 1.79 bits per heavy atom. The van der Waals surface area contributed by atoms with Gasteiger partial charge in [-0.2, -0.15) is 4.31 Å². The first kappa shape index (κ1) is 20.6. The van der Waals surface area contributed by atoms with Gasteiger partial charge in [0.05, 0.1) is 24.7 Å². The third-order valence-electron chi connectivity index (χ3n) is 5.91. The first-order valence-electron chi connectivity index (χ1n) is 10.3. The lowest BCUT2D eigenvalue weighted by Crippen LogP contribution is -2.45. The summed E-state index contributed by atoms with van der Waals surface area (Å²) in [5.74, 6) is -0.902. The van der Waals surface area contributed by atoms with Gasteiger partial charge in [-0.3, -0.25) is 4.79 Å². The van der Waals surface area contributed by atoms with Gasteiger partial charge in [0, 0.05) is 38.2 Å². The van der Waals surface area contributed by atoms with Crippen molar-refractivity contribution in [1.82, 2.24) is 4.31 Å². The normalized spacial score (nSPS) is 24.9. The maximum Gasteiger partial charge on any atom is 0.324 e. The molecule has 29 heavy (non-hydrogen) atoms. The second-order valence-electron chi connectivity index (χ2n) is 7.61. The van der Waals surface area contributed by atoms with Crippen LogP contribution in [0.1, 0.15) is 32.6 Å². The summed E-state index contributed by atoms with van der Waals surface area (Å²) in [4.78, 5) is 14.6. The van der Waals surface area contributed by atoms with Crippen molar-refractivity contribution in [1.29, 1.82) is 0 Å². The zero-order valence-electron chi connectivity index (χ0n) is 16.7. The zero-order valence-corrected chi connectivity index (χ0v) is 17.5. The Kier molecular flexibility index (Phi) is 5.83. The van der Waals surface area contributed by atoms with Gasteiger partial charge >= 0.3 is 5.97 Å². The predicted octanol–water partition coefficient (Wildman–Crippen LogP) is 1.75. The molecule has 8 nitrogen and oxygen atoms in total. The van der Waals surface area contributed by atoms with Crippen molar-refractivity contribution in [3.63, 3.8) is 0 Å². The highest BCUT2D eigenvalue weighted by Crippen LogP contribution is 2.34. The molecule has 3 heterocycles. The Morgan fingerprint density at radius 1 is 1.14 bits per heavy atom. The molecule has 3 fully saturated rings. The number of esters is 1. The molecule has 1 spiro atoms. The Labute approximate surface area is 171 Å². The summed E-state index contributed by atoms with van der Waals surface area (Å²) >= 11 is 0. The Hall–Kier alpha value is -1.68. The van der Waals surface area contributed by atoms with Gasteiger partial charge in [-0.1, -0.05) is 0 Å². The molecule has 0 amide bonds. The monoisotopic (exact) mass is 424 g/mol. The fraction of sp³-hybridized carbons (Fsp3) is 0.650. The van der Waals surface area contributed by atoms with Gasteiger partial charge in [-0.25, -0.2) is 8.42 Å². The maximum atomic E-state index is 13.1. The highest BCUT2D eigenvalue weighted by Gasteiger charge is 2.41. The van der Waals surface area contributed by atoms with Gasteiger partial charge in [0.1, 0.15) is 6.04 Å². The summed E-state index contributed by atoms with van der Waals surface area (Å²) in [5, 5.41) is 0. The van der Waals surface area contributed by atoms with Crippen molar-refractivity contribution in [2.75, 3.05) is 44.4 Å². The molecule has 1 aromatic carbocycles. The lowest BCUT2D eigenvalue weighted by atomic mass is 10.0. The number of hydrogen-bond acceptors (Lipinski definition) is 7. The minimum absolute atomic E-state index is 0.202. The molecule has 9 heteroatoms. The standard InChI is InChI=1S/C20H28N2O6S/c1-2-26-19(23)18-4-3-11-22(18)29(24,25)17-7-5-16(6-8-17)21-12-9-20(10-13-21)27-14-15-28-20/h5-8,18H,2-4,9-15H2,1H3. The van der Waals surface area contributed by atoms with Crippen LogP contribution >= 0.6 is 0 Å². The fourth-order valence-corrected chi connectivity index (χ4v) is 6.00. The van der Waals surface area contributed by atoms with Gasteiger partial charge in [-0.15, -0.1) is 0 Å². The molecule has 0 aliphatic carbocycles. The maximum absolute atomic E-state index is 13.1. The van der Waals surface area contributed by atoms with Crippen molar-refractivity contribution in [3.05, 3.63) is 24.3 Å². The minimum Gasteiger partial charge on any atom is -0.465 e. The Bertz CT molecular complexity index is 825. The van der Waals surface area contributed by atoms with E-state index in [0.717, 1.165) is 31.6 Å². The number of piperidine rings is 1. The molecule has 0 bridgehead atoms. The summed E-state index contributed by atoms with van der Waals surface area (Å²) < 4.78 is 44.0. The van der Waals surface area contributed by atoms with Crippen LogP contribution in [0.5, 0.6) is 0 Å². The molecule has 3 aliphatic heterocycles. The number of rotatable bonds is 5. The Morgan fingerprint density at radius 3 is 2.41 bits per heavy atom. The summed E-state index contributed by atoms with van der Waals surface area (Å²) in [6, 6.07) is 6.17. The third-order valence-corrected chi connectivity index (χ3v) is 7.83. The van der Waals surface area contributed by atoms with E-state index in [1.165, 1.54) is 4.31 Å². The molecular weight excluding hydrogens is 396 g/mol. The topological polar surface area (TPSA) is 85.4 Å². The molecule has 1 aromatic rings. The zero-order chi connectivity index (χ0) is 20.5. The van der Waals surface area contributed by atoms with Crippen LogP contribution in [0.2, 0.25) is 0 Å². The number of anilines is 1. The minimum atomic E-state index is -3.74. The van der Waals surface area contributed by atoms with E-state index >= 15 is 0 Å². The van der Waals surface area contributed by atoms with E-state index in [2.05, 4.69) is 4.90 Å². The summed E-state index contributed by atoms with van der Waals surface area (Å²) in [5.41, 5.74) is 0.972. The van der Waals surface area contributed by atoms with Crippen LogP contribution in [0, 0.1) is 0 Å². The molecule has 0 N–H and O–H groups in total. The quantitative estimate of drug-likeness (QED) is 0.666. The number of carbonyl (C=O) groups excluding carboxylic acids is 1. The molecule has 4 rings (SSSR count). The average molecular weight is 425 g/mol. The average Bonchev–Trinajstić information content (AvgIpc) is 3.39. The summed E-state index contributed by atoms with van der Waals surface area (Å²) in [6.07, 6.45) is 2.74. The van der Waals surface area contributed by atoms with E-state index in [4.69, 9.17) is 14.2 Å². The molecule has 0 saturated carbocycles. The number of sulfonamides is 1. The van der Waals surface area contributed by atoms with E-state index < -0.39 is 27.8 Å². The van der Waals surface area contributed by atoms with Crippen molar-refractivity contribution >= 4 is 21.7 Å². The van der Waals surface area contributed by atoms with Crippen LogP contribution in [-0.4, -0.2) is 70.0 Å². The number of benzene rings is 1.